The fraction of sp³-hybridized carbons (Fsp3) is 0.538. The van der Waals surface area contributed by atoms with Crippen molar-refractivity contribution in [1.29, 1.82) is 0 Å². The second-order valence-corrected chi connectivity index (χ2v) is 6.36. The van der Waals surface area contributed by atoms with Gasteiger partial charge in [-0.05, 0) is 33.0 Å². The average Bonchev–Trinajstić information content (AvgIpc) is 2.58. The molecule has 0 aromatic carbocycles. The first-order chi connectivity index (χ1) is 9.13. The maximum absolute atomic E-state index is 5.85. The van der Waals surface area contributed by atoms with Crippen molar-refractivity contribution in [3.8, 4) is 0 Å². The van der Waals surface area contributed by atoms with Gasteiger partial charge in [-0.2, -0.15) is 4.98 Å². The van der Waals surface area contributed by atoms with Crippen LogP contribution in [0.5, 0.6) is 0 Å². The molecule has 0 atom stereocenters. The van der Waals surface area contributed by atoms with Crippen molar-refractivity contribution < 1.29 is 0 Å². The average molecular weight is 277 g/mol. The molecule has 1 aliphatic heterocycles. The Kier molecular flexibility index (Phi) is 3.28. The van der Waals surface area contributed by atoms with Gasteiger partial charge in [0.1, 0.15) is 10.6 Å². The van der Waals surface area contributed by atoms with Crippen LogP contribution in [0.1, 0.15) is 11.3 Å². The Labute approximate surface area is 117 Å². The zero-order valence-corrected chi connectivity index (χ0v) is 12.2. The monoisotopic (exact) mass is 277 g/mol. The lowest BCUT2D eigenvalue weighted by molar-refractivity contribution is 0.360. The summed E-state index contributed by atoms with van der Waals surface area (Å²) in [5.41, 5.74) is 5.85. The Morgan fingerprint density at radius 3 is 2.89 bits per heavy atom. The predicted octanol–water partition coefficient (Wildman–Crippen LogP) is 1.72. The van der Waals surface area contributed by atoms with Crippen molar-refractivity contribution in [2.45, 2.75) is 13.3 Å². The van der Waals surface area contributed by atoms with Crippen LogP contribution in [0.25, 0.3) is 10.2 Å². The molecule has 19 heavy (non-hydrogen) atoms. The second kappa shape index (κ2) is 4.94. The number of aromatic nitrogens is 2. The minimum Gasteiger partial charge on any atom is -0.368 e. The van der Waals surface area contributed by atoms with E-state index in [0.717, 1.165) is 48.6 Å². The van der Waals surface area contributed by atoms with Crippen LogP contribution in [0.2, 0.25) is 0 Å². The minimum absolute atomic E-state index is 0.377. The number of rotatable bonds is 1. The Morgan fingerprint density at radius 2 is 2.05 bits per heavy atom. The van der Waals surface area contributed by atoms with Gasteiger partial charge in [-0.1, -0.05) is 0 Å². The normalized spacial score (nSPS) is 17.9. The first kappa shape index (κ1) is 12.6. The third-order valence-electron chi connectivity index (χ3n) is 3.53. The van der Waals surface area contributed by atoms with Gasteiger partial charge in [0.15, 0.2) is 0 Å². The fourth-order valence-electron chi connectivity index (χ4n) is 2.54. The molecule has 0 spiro atoms. The predicted molar refractivity (Wildman–Crippen MR) is 80.9 cm³/mol. The Hall–Kier alpha value is -1.40. The fourth-order valence-corrected chi connectivity index (χ4v) is 3.42. The van der Waals surface area contributed by atoms with Crippen molar-refractivity contribution in [3.05, 3.63) is 10.9 Å². The molecule has 0 amide bonds. The van der Waals surface area contributed by atoms with Gasteiger partial charge in [-0.15, -0.1) is 11.3 Å². The van der Waals surface area contributed by atoms with E-state index >= 15 is 0 Å². The number of hydrogen-bond donors (Lipinski definition) is 1. The van der Waals surface area contributed by atoms with Crippen LogP contribution in [0, 0.1) is 6.92 Å². The zero-order valence-electron chi connectivity index (χ0n) is 11.4. The van der Waals surface area contributed by atoms with E-state index in [2.05, 4.69) is 39.8 Å². The lowest BCUT2D eigenvalue weighted by Crippen LogP contribution is -2.29. The second-order valence-electron chi connectivity index (χ2n) is 5.13. The van der Waals surface area contributed by atoms with E-state index in [0.29, 0.717) is 5.95 Å². The SMILES string of the molecule is Cc1cc2c(N3CCCN(C)CC3)nc(N)nc2s1. The van der Waals surface area contributed by atoms with E-state index < -0.39 is 0 Å². The third kappa shape index (κ3) is 2.50. The molecule has 3 heterocycles. The molecule has 2 aromatic heterocycles. The van der Waals surface area contributed by atoms with Crippen molar-refractivity contribution in [2.24, 2.45) is 0 Å². The van der Waals surface area contributed by atoms with Crippen LogP contribution >= 0.6 is 11.3 Å². The molecular weight excluding hydrogens is 258 g/mol. The lowest BCUT2D eigenvalue weighted by Gasteiger charge is -2.22. The molecule has 0 unspecified atom stereocenters. The molecule has 2 N–H and O–H groups in total. The van der Waals surface area contributed by atoms with E-state index in [1.165, 1.54) is 4.88 Å². The number of nitrogens with two attached hydrogens (primary N) is 1. The Morgan fingerprint density at radius 1 is 1.21 bits per heavy atom. The number of nitrogens with zero attached hydrogens (tertiary/aromatic N) is 4. The maximum Gasteiger partial charge on any atom is 0.223 e. The van der Waals surface area contributed by atoms with Crippen LogP contribution in [-0.4, -0.2) is 48.1 Å². The number of nitrogen functional groups attached to an aromatic ring is 1. The summed E-state index contributed by atoms with van der Waals surface area (Å²) in [6, 6.07) is 2.17. The molecule has 1 fully saturated rings. The number of aryl methyl sites for hydroxylation is 1. The highest BCUT2D eigenvalue weighted by molar-refractivity contribution is 7.18. The van der Waals surface area contributed by atoms with E-state index in [4.69, 9.17) is 5.73 Å². The van der Waals surface area contributed by atoms with E-state index in [-0.39, 0.29) is 0 Å². The zero-order chi connectivity index (χ0) is 13.4. The van der Waals surface area contributed by atoms with Gasteiger partial charge in [0, 0.05) is 24.5 Å². The molecule has 0 aliphatic carbocycles. The first-order valence-corrected chi connectivity index (χ1v) is 7.42. The molecule has 0 radical (unpaired) electrons. The molecule has 2 aromatic rings. The van der Waals surface area contributed by atoms with Gasteiger partial charge < -0.3 is 15.5 Å². The van der Waals surface area contributed by atoms with Gasteiger partial charge in [0.25, 0.3) is 0 Å². The van der Waals surface area contributed by atoms with Crippen LogP contribution in [-0.2, 0) is 0 Å². The summed E-state index contributed by atoms with van der Waals surface area (Å²) in [6.45, 7) is 6.33. The first-order valence-electron chi connectivity index (χ1n) is 6.60. The highest BCUT2D eigenvalue weighted by Crippen LogP contribution is 2.31. The summed E-state index contributed by atoms with van der Waals surface area (Å²) in [7, 11) is 2.17. The van der Waals surface area contributed by atoms with E-state index in [1.54, 1.807) is 11.3 Å². The number of likely N-dealkylation sites (N-methyl/N-ethyl adjacent to an activating group) is 1. The molecule has 0 bridgehead atoms. The van der Waals surface area contributed by atoms with Gasteiger partial charge >= 0.3 is 0 Å². The van der Waals surface area contributed by atoms with Crippen LogP contribution in [0.15, 0.2) is 6.07 Å². The molecule has 5 nitrogen and oxygen atoms in total. The summed E-state index contributed by atoms with van der Waals surface area (Å²) in [6.07, 6.45) is 1.16. The van der Waals surface area contributed by atoms with Crippen LogP contribution in [0.4, 0.5) is 11.8 Å². The number of fused-ring (bicyclic) bond motifs is 1. The largest absolute Gasteiger partial charge is 0.368 e. The van der Waals surface area contributed by atoms with Crippen molar-refractivity contribution in [1.82, 2.24) is 14.9 Å². The highest BCUT2D eigenvalue weighted by atomic mass is 32.1. The van der Waals surface area contributed by atoms with Gasteiger partial charge in [-0.25, -0.2) is 4.98 Å². The summed E-state index contributed by atoms with van der Waals surface area (Å²) >= 11 is 1.68. The minimum atomic E-state index is 0.377. The molecule has 0 saturated carbocycles. The molecule has 3 rings (SSSR count). The third-order valence-corrected chi connectivity index (χ3v) is 4.48. The summed E-state index contributed by atoms with van der Waals surface area (Å²) < 4.78 is 0. The Bertz CT molecular complexity index is 594. The quantitative estimate of drug-likeness (QED) is 0.860. The van der Waals surface area contributed by atoms with Crippen LogP contribution in [0.3, 0.4) is 0 Å². The molecule has 102 valence electrons. The van der Waals surface area contributed by atoms with E-state index in [9.17, 15) is 0 Å². The van der Waals surface area contributed by atoms with Crippen LogP contribution < -0.4 is 10.6 Å². The number of thiophene rings is 1. The molecule has 6 heteroatoms. The summed E-state index contributed by atoms with van der Waals surface area (Å²) in [5, 5.41) is 1.14. The van der Waals surface area contributed by atoms with Gasteiger partial charge in [-0.3, -0.25) is 0 Å². The smallest absolute Gasteiger partial charge is 0.223 e. The van der Waals surface area contributed by atoms with E-state index in [1.807, 2.05) is 0 Å². The van der Waals surface area contributed by atoms with Gasteiger partial charge in [0.05, 0.1) is 5.39 Å². The molecule has 1 saturated heterocycles. The lowest BCUT2D eigenvalue weighted by atomic mass is 10.3. The standard InChI is InChI=1S/C13H19N5S/c1-9-8-10-11(15-13(14)16-12(10)19-9)18-5-3-4-17(2)6-7-18/h8H,3-7H2,1-2H3,(H2,14,15,16). The van der Waals surface area contributed by atoms with Crippen molar-refractivity contribution in [3.63, 3.8) is 0 Å². The maximum atomic E-state index is 5.85. The van der Waals surface area contributed by atoms with Crippen molar-refractivity contribution in [2.75, 3.05) is 43.9 Å². The highest BCUT2D eigenvalue weighted by Gasteiger charge is 2.18. The molecule has 1 aliphatic rings. The topological polar surface area (TPSA) is 58.3 Å². The number of hydrogen-bond acceptors (Lipinski definition) is 6. The summed E-state index contributed by atoms with van der Waals surface area (Å²) in [5.74, 6) is 1.38. The van der Waals surface area contributed by atoms with Crippen molar-refractivity contribution >= 4 is 33.3 Å². The Balaban J connectivity index is 2.03. The van der Waals surface area contributed by atoms with Gasteiger partial charge in [0.2, 0.25) is 5.95 Å². The number of anilines is 2. The molecular formula is C13H19N5S. The summed E-state index contributed by atoms with van der Waals surface area (Å²) in [4.78, 5) is 15.8.